The number of nitrogens with zero attached hydrogens (tertiary/aromatic N) is 2. The molecule has 1 heterocycles. The normalized spacial score (nSPS) is 30.9. The summed E-state index contributed by atoms with van der Waals surface area (Å²) >= 11 is 1.85. The van der Waals surface area contributed by atoms with E-state index in [0.717, 1.165) is 23.5 Å². The summed E-state index contributed by atoms with van der Waals surface area (Å²) in [6.45, 7) is 5.40. The number of aliphatic imine (C=N–C) groups is 1. The third-order valence-corrected chi connectivity index (χ3v) is 4.34. The fourth-order valence-electron chi connectivity index (χ4n) is 1.77. The van der Waals surface area contributed by atoms with Crippen LogP contribution in [0.1, 0.15) is 26.7 Å². The zero-order valence-electron chi connectivity index (χ0n) is 9.86. The van der Waals surface area contributed by atoms with Crippen molar-refractivity contribution in [3.05, 3.63) is 0 Å². The van der Waals surface area contributed by atoms with E-state index in [1.807, 2.05) is 11.8 Å². The lowest BCUT2D eigenvalue weighted by Gasteiger charge is -2.22. The minimum absolute atomic E-state index is 0.573. The van der Waals surface area contributed by atoms with Crippen LogP contribution >= 0.6 is 11.8 Å². The van der Waals surface area contributed by atoms with Gasteiger partial charge in [-0.3, -0.25) is 9.89 Å². The molecule has 0 aromatic heterocycles. The van der Waals surface area contributed by atoms with Crippen molar-refractivity contribution < 1.29 is 0 Å². The number of hydrogen-bond acceptors (Lipinski definition) is 3. The Morgan fingerprint density at radius 2 is 2.33 bits per heavy atom. The van der Waals surface area contributed by atoms with Gasteiger partial charge in [0.2, 0.25) is 0 Å². The molecule has 15 heavy (non-hydrogen) atoms. The molecular weight excluding hydrogens is 206 g/mol. The van der Waals surface area contributed by atoms with Crippen LogP contribution in [0.4, 0.5) is 0 Å². The first kappa shape index (κ1) is 11.3. The number of nitrogens with one attached hydrogen (secondary N) is 1. The van der Waals surface area contributed by atoms with Gasteiger partial charge in [-0.15, -0.1) is 0 Å². The van der Waals surface area contributed by atoms with E-state index in [1.165, 1.54) is 12.8 Å². The van der Waals surface area contributed by atoms with Crippen molar-refractivity contribution in [1.82, 2.24) is 10.2 Å². The Labute approximate surface area is 96.7 Å². The summed E-state index contributed by atoms with van der Waals surface area (Å²) in [5, 5.41) is 4.52. The van der Waals surface area contributed by atoms with E-state index in [4.69, 9.17) is 0 Å². The molecular formula is C11H21N3S. The topological polar surface area (TPSA) is 27.6 Å². The highest BCUT2D eigenvalue weighted by atomic mass is 32.2. The van der Waals surface area contributed by atoms with Crippen LogP contribution in [0.3, 0.4) is 0 Å². The zero-order valence-corrected chi connectivity index (χ0v) is 10.7. The number of rotatable bonds is 4. The largest absolute Gasteiger partial charge is 0.362 e. The van der Waals surface area contributed by atoms with Crippen LogP contribution in [0.5, 0.6) is 0 Å². The van der Waals surface area contributed by atoms with Gasteiger partial charge in [-0.25, -0.2) is 0 Å². The first-order chi connectivity index (χ1) is 7.16. The Morgan fingerprint density at radius 1 is 1.60 bits per heavy atom. The molecule has 1 saturated carbocycles. The molecule has 1 aliphatic carbocycles. The van der Waals surface area contributed by atoms with Gasteiger partial charge >= 0.3 is 0 Å². The fraction of sp³-hybridized carbons (Fsp3) is 0.909. The second kappa shape index (κ2) is 4.74. The molecule has 4 heteroatoms. The molecule has 2 rings (SSSR count). The third-order valence-electron chi connectivity index (χ3n) is 3.16. The first-order valence-electron chi connectivity index (χ1n) is 5.82. The Hall–Kier alpha value is -0.220. The van der Waals surface area contributed by atoms with Crippen molar-refractivity contribution in [1.29, 1.82) is 0 Å². The van der Waals surface area contributed by atoms with Crippen LogP contribution in [0, 0.1) is 0 Å². The molecule has 3 nitrogen and oxygen atoms in total. The maximum atomic E-state index is 4.63. The van der Waals surface area contributed by atoms with Crippen LogP contribution in [0.25, 0.3) is 0 Å². The van der Waals surface area contributed by atoms with E-state index < -0.39 is 0 Å². The average Bonchev–Trinajstić information content (AvgIpc) is 2.98. The van der Waals surface area contributed by atoms with E-state index >= 15 is 0 Å². The summed E-state index contributed by atoms with van der Waals surface area (Å²) in [5.74, 6) is 1.16. The van der Waals surface area contributed by atoms with Gasteiger partial charge in [-0.1, -0.05) is 11.8 Å². The maximum absolute atomic E-state index is 4.63. The minimum atomic E-state index is 0.573. The summed E-state index contributed by atoms with van der Waals surface area (Å²) in [7, 11) is 2.22. The van der Waals surface area contributed by atoms with E-state index in [0.29, 0.717) is 12.1 Å². The van der Waals surface area contributed by atoms with E-state index in [9.17, 15) is 0 Å². The molecule has 2 unspecified atom stereocenters. The number of likely N-dealkylation sites (N-methyl/N-ethyl adjacent to an activating group) is 1. The van der Waals surface area contributed by atoms with E-state index in [1.54, 1.807) is 0 Å². The highest BCUT2D eigenvalue weighted by Gasteiger charge is 2.29. The second-order valence-electron chi connectivity index (χ2n) is 4.75. The van der Waals surface area contributed by atoms with Gasteiger partial charge in [-0.2, -0.15) is 0 Å². The third kappa shape index (κ3) is 3.11. The van der Waals surface area contributed by atoms with Crippen molar-refractivity contribution in [2.24, 2.45) is 4.99 Å². The first-order valence-corrected chi connectivity index (χ1v) is 6.81. The highest BCUT2D eigenvalue weighted by molar-refractivity contribution is 8.14. The highest BCUT2D eigenvalue weighted by Crippen LogP contribution is 2.27. The van der Waals surface area contributed by atoms with Crippen LogP contribution in [0.2, 0.25) is 0 Å². The monoisotopic (exact) mass is 227 g/mol. The molecule has 0 aromatic rings. The SMILES string of the molecule is CC1CSC(=NCC(C)N(C)C2CC2)N1. The molecule has 1 aliphatic heterocycles. The van der Waals surface area contributed by atoms with Crippen LogP contribution in [0.15, 0.2) is 4.99 Å². The second-order valence-corrected chi connectivity index (χ2v) is 5.76. The van der Waals surface area contributed by atoms with Gasteiger partial charge in [0.1, 0.15) is 0 Å². The van der Waals surface area contributed by atoms with Crippen molar-refractivity contribution in [3.63, 3.8) is 0 Å². The van der Waals surface area contributed by atoms with Crippen LogP contribution in [-0.4, -0.2) is 47.5 Å². The molecule has 0 aromatic carbocycles. The lowest BCUT2D eigenvalue weighted by Crippen LogP contribution is -2.34. The summed E-state index contributed by atoms with van der Waals surface area (Å²) in [6.07, 6.45) is 2.75. The van der Waals surface area contributed by atoms with Gasteiger partial charge < -0.3 is 5.32 Å². The summed E-state index contributed by atoms with van der Waals surface area (Å²) in [6, 6.07) is 2.00. The Bertz CT molecular complexity index is 250. The van der Waals surface area contributed by atoms with Gasteiger partial charge in [-0.05, 0) is 33.7 Å². The molecule has 0 bridgehead atoms. The minimum Gasteiger partial charge on any atom is -0.362 e. The lowest BCUT2D eigenvalue weighted by atomic mass is 10.3. The maximum Gasteiger partial charge on any atom is 0.156 e. The van der Waals surface area contributed by atoms with E-state index in [2.05, 4.69) is 36.1 Å². The van der Waals surface area contributed by atoms with Crippen molar-refractivity contribution in [2.75, 3.05) is 19.3 Å². The average molecular weight is 227 g/mol. The molecule has 0 amide bonds. The lowest BCUT2D eigenvalue weighted by molar-refractivity contribution is 0.253. The van der Waals surface area contributed by atoms with Crippen molar-refractivity contribution in [3.8, 4) is 0 Å². The van der Waals surface area contributed by atoms with Gasteiger partial charge in [0.15, 0.2) is 5.17 Å². The van der Waals surface area contributed by atoms with Gasteiger partial charge in [0, 0.05) is 23.9 Å². The number of thioether (sulfide) groups is 1. The number of hydrogen-bond donors (Lipinski definition) is 1. The number of amidine groups is 1. The predicted octanol–water partition coefficient (Wildman–Crippen LogP) is 1.55. The molecule has 2 aliphatic rings. The van der Waals surface area contributed by atoms with Gasteiger partial charge in [0.05, 0.1) is 6.54 Å². The Kier molecular flexibility index (Phi) is 3.57. The molecule has 0 radical (unpaired) electrons. The fourth-order valence-corrected chi connectivity index (χ4v) is 2.72. The van der Waals surface area contributed by atoms with Crippen LogP contribution < -0.4 is 5.32 Å². The predicted molar refractivity (Wildman–Crippen MR) is 67.6 cm³/mol. The Morgan fingerprint density at radius 3 is 2.87 bits per heavy atom. The quantitative estimate of drug-likeness (QED) is 0.789. The summed E-state index contributed by atoms with van der Waals surface area (Å²) in [5.41, 5.74) is 0. The smallest absolute Gasteiger partial charge is 0.156 e. The molecule has 1 N–H and O–H groups in total. The molecule has 2 atom stereocenters. The summed E-state index contributed by atoms with van der Waals surface area (Å²) in [4.78, 5) is 7.10. The molecule has 2 fully saturated rings. The molecule has 0 spiro atoms. The van der Waals surface area contributed by atoms with Gasteiger partial charge in [0.25, 0.3) is 0 Å². The zero-order chi connectivity index (χ0) is 10.8. The Balaban J connectivity index is 1.76. The van der Waals surface area contributed by atoms with E-state index in [-0.39, 0.29) is 0 Å². The van der Waals surface area contributed by atoms with Crippen molar-refractivity contribution in [2.45, 2.75) is 44.8 Å². The molecule has 86 valence electrons. The van der Waals surface area contributed by atoms with Crippen LogP contribution in [-0.2, 0) is 0 Å². The summed E-state index contributed by atoms with van der Waals surface area (Å²) < 4.78 is 0. The van der Waals surface area contributed by atoms with Crippen molar-refractivity contribution >= 4 is 16.9 Å². The standard InChI is InChI=1S/C11H21N3S/c1-8-7-15-11(13-8)12-6-9(2)14(3)10-4-5-10/h8-10H,4-7H2,1-3H3,(H,12,13). The molecule has 1 saturated heterocycles.